The third-order valence-corrected chi connectivity index (χ3v) is 5.19. The molecule has 0 fully saturated rings. The van der Waals surface area contributed by atoms with Crippen LogP contribution in [0.15, 0.2) is 75.1 Å². The fourth-order valence-corrected chi connectivity index (χ4v) is 3.81. The van der Waals surface area contributed by atoms with Crippen molar-refractivity contribution in [3.05, 3.63) is 83.5 Å². The van der Waals surface area contributed by atoms with E-state index in [1.807, 2.05) is 74.5 Å². The highest BCUT2D eigenvalue weighted by Crippen LogP contribution is 2.27. The molecule has 1 amide bonds. The highest BCUT2D eigenvalue weighted by atomic mass is 32.2. The third kappa shape index (κ3) is 4.58. The Morgan fingerprint density at radius 3 is 2.23 bits per heavy atom. The van der Waals surface area contributed by atoms with Gasteiger partial charge in [0.2, 0.25) is 5.89 Å². The first-order valence-corrected chi connectivity index (χ1v) is 10.2. The zero-order valence-corrected chi connectivity index (χ0v) is 17.7. The van der Waals surface area contributed by atoms with E-state index >= 15 is 0 Å². The zero-order valence-electron chi connectivity index (χ0n) is 16.8. The SMILES string of the molecule is Cc1cc(C)nc(Sc2ccc(NC(=O)c3nc(-c4ccccc4)oc3C)cc2)n1. The molecule has 2 heterocycles. The second-order valence-corrected chi connectivity index (χ2v) is 7.84. The molecule has 2 aromatic carbocycles. The van der Waals surface area contributed by atoms with E-state index < -0.39 is 0 Å². The molecule has 0 aliphatic heterocycles. The normalized spacial score (nSPS) is 10.8. The Balaban J connectivity index is 1.46. The minimum atomic E-state index is -0.309. The summed E-state index contributed by atoms with van der Waals surface area (Å²) in [5, 5.41) is 3.58. The molecule has 6 nitrogen and oxygen atoms in total. The average Bonchev–Trinajstić information content (AvgIpc) is 3.11. The van der Waals surface area contributed by atoms with Gasteiger partial charge in [-0.1, -0.05) is 18.2 Å². The van der Waals surface area contributed by atoms with Crippen molar-refractivity contribution in [1.29, 1.82) is 0 Å². The van der Waals surface area contributed by atoms with Crippen LogP contribution in [0.1, 0.15) is 27.6 Å². The van der Waals surface area contributed by atoms with E-state index in [1.165, 1.54) is 11.8 Å². The van der Waals surface area contributed by atoms with Crippen molar-refractivity contribution in [2.45, 2.75) is 30.8 Å². The maximum atomic E-state index is 12.7. The molecule has 0 saturated carbocycles. The van der Waals surface area contributed by atoms with Crippen LogP contribution in [0.3, 0.4) is 0 Å². The molecule has 4 aromatic rings. The van der Waals surface area contributed by atoms with Crippen LogP contribution in [0.5, 0.6) is 0 Å². The maximum absolute atomic E-state index is 12.7. The molecule has 0 unspecified atom stereocenters. The molecule has 0 spiro atoms. The lowest BCUT2D eigenvalue weighted by atomic mass is 10.2. The minimum Gasteiger partial charge on any atom is -0.441 e. The molecule has 0 bridgehead atoms. The van der Waals surface area contributed by atoms with Gasteiger partial charge in [0.15, 0.2) is 10.9 Å². The fourth-order valence-electron chi connectivity index (χ4n) is 2.95. The van der Waals surface area contributed by atoms with Gasteiger partial charge >= 0.3 is 0 Å². The van der Waals surface area contributed by atoms with Crippen LogP contribution in [0.2, 0.25) is 0 Å². The Hall–Kier alpha value is -3.45. The lowest BCUT2D eigenvalue weighted by Gasteiger charge is -2.06. The Morgan fingerprint density at radius 1 is 0.900 bits per heavy atom. The lowest BCUT2D eigenvalue weighted by molar-refractivity contribution is 0.102. The summed E-state index contributed by atoms with van der Waals surface area (Å²) in [6.45, 7) is 5.64. The molecule has 0 radical (unpaired) electrons. The topological polar surface area (TPSA) is 80.9 Å². The summed E-state index contributed by atoms with van der Waals surface area (Å²) in [4.78, 5) is 26.9. The number of hydrogen-bond acceptors (Lipinski definition) is 6. The molecule has 150 valence electrons. The van der Waals surface area contributed by atoms with Crippen molar-refractivity contribution < 1.29 is 9.21 Å². The number of nitrogens with zero attached hydrogens (tertiary/aromatic N) is 3. The van der Waals surface area contributed by atoms with Gasteiger partial charge in [-0.25, -0.2) is 15.0 Å². The number of carbonyl (C=O) groups excluding carboxylic acids is 1. The van der Waals surface area contributed by atoms with Gasteiger partial charge < -0.3 is 9.73 Å². The molecule has 7 heteroatoms. The van der Waals surface area contributed by atoms with Crippen molar-refractivity contribution in [1.82, 2.24) is 15.0 Å². The number of amides is 1. The van der Waals surface area contributed by atoms with Crippen molar-refractivity contribution in [3.8, 4) is 11.5 Å². The number of hydrogen-bond donors (Lipinski definition) is 1. The Bertz CT molecular complexity index is 1170. The van der Waals surface area contributed by atoms with E-state index in [-0.39, 0.29) is 11.6 Å². The second kappa shape index (κ2) is 8.51. The Morgan fingerprint density at radius 2 is 1.57 bits per heavy atom. The first-order valence-electron chi connectivity index (χ1n) is 9.42. The first-order chi connectivity index (χ1) is 14.5. The van der Waals surface area contributed by atoms with Crippen LogP contribution in [0, 0.1) is 20.8 Å². The number of aromatic nitrogens is 3. The number of aryl methyl sites for hydroxylation is 3. The van der Waals surface area contributed by atoms with Gasteiger partial charge in [0.1, 0.15) is 5.76 Å². The van der Waals surface area contributed by atoms with Gasteiger partial charge in [-0.3, -0.25) is 4.79 Å². The van der Waals surface area contributed by atoms with E-state index in [4.69, 9.17) is 4.42 Å². The number of nitrogens with one attached hydrogen (secondary N) is 1. The third-order valence-electron chi connectivity index (χ3n) is 4.32. The number of rotatable bonds is 5. The summed E-state index contributed by atoms with van der Waals surface area (Å²) in [5.74, 6) is 0.598. The van der Waals surface area contributed by atoms with Gasteiger partial charge in [0, 0.05) is 27.5 Å². The summed E-state index contributed by atoms with van der Waals surface area (Å²) in [6, 6.07) is 19.0. The maximum Gasteiger partial charge on any atom is 0.277 e. The van der Waals surface area contributed by atoms with Crippen LogP contribution in [-0.2, 0) is 0 Å². The molecule has 0 aliphatic carbocycles. The standard InChI is InChI=1S/C23H20N4O2S/c1-14-13-15(2)25-23(24-14)30-19-11-9-18(10-12-19)26-21(28)20-16(3)29-22(27-20)17-7-5-4-6-8-17/h4-13H,1-3H3,(H,26,28). The summed E-state index contributed by atoms with van der Waals surface area (Å²) in [7, 11) is 0. The summed E-state index contributed by atoms with van der Waals surface area (Å²) in [6.07, 6.45) is 0. The van der Waals surface area contributed by atoms with E-state index in [2.05, 4.69) is 20.3 Å². The monoisotopic (exact) mass is 416 g/mol. The molecule has 0 atom stereocenters. The van der Waals surface area contributed by atoms with E-state index in [0.29, 0.717) is 22.5 Å². The molecule has 0 aliphatic rings. The Kier molecular flexibility index (Phi) is 5.63. The number of carbonyl (C=O) groups is 1. The number of anilines is 1. The van der Waals surface area contributed by atoms with Crippen molar-refractivity contribution in [3.63, 3.8) is 0 Å². The molecule has 30 heavy (non-hydrogen) atoms. The fraction of sp³-hybridized carbons (Fsp3) is 0.130. The molecule has 1 N–H and O–H groups in total. The van der Waals surface area contributed by atoms with Crippen LogP contribution in [0.25, 0.3) is 11.5 Å². The average molecular weight is 417 g/mol. The highest BCUT2D eigenvalue weighted by Gasteiger charge is 2.18. The zero-order chi connectivity index (χ0) is 21.1. The largest absolute Gasteiger partial charge is 0.441 e. The summed E-state index contributed by atoms with van der Waals surface area (Å²) in [5.41, 5.74) is 3.65. The van der Waals surface area contributed by atoms with E-state index in [9.17, 15) is 4.79 Å². The smallest absolute Gasteiger partial charge is 0.277 e. The van der Waals surface area contributed by atoms with Crippen molar-refractivity contribution in [2.75, 3.05) is 5.32 Å². The number of oxazole rings is 1. The quantitative estimate of drug-likeness (QED) is 0.435. The number of benzene rings is 2. The highest BCUT2D eigenvalue weighted by molar-refractivity contribution is 7.99. The van der Waals surface area contributed by atoms with Crippen LogP contribution >= 0.6 is 11.8 Å². The van der Waals surface area contributed by atoms with E-state index in [0.717, 1.165) is 21.8 Å². The molecular weight excluding hydrogens is 396 g/mol. The first kappa shape index (κ1) is 19.8. The Labute approximate surface area is 178 Å². The molecular formula is C23H20N4O2S. The van der Waals surface area contributed by atoms with Crippen LogP contribution < -0.4 is 5.32 Å². The molecule has 2 aromatic heterocycles. The van der Waals surface area contributed by atoms with Gasteiger partial charge in [-0.15, -0.1) is 0 Å². The second-order valence-electron chi connectivity index (χ2n) is 6.80. The minimum absolute atomic E-state index is 0.274. The molecule has 0 saturated heterocycles. The van der Waals surface area contributed by atoms with Crippen LogP contribution in [0.4, 0.5) is 5.69 Å². The van der Waals surface area contributed by atoms with Crippen molar-refractivity contribution >= 4 is 23.4 Å². The van der Waals surface area contributed by atoms with Gasteiger partial charge in [-0.05, 0) is 75.0 Å². The van der Waals surface area contributed by atoms with Gasteiger partial charge in [-0.2, -0.15) is 0 Å². The van der Waals surface area contributed by atoms with Gasteiger partial charge in [0.05, 0.1) is 0 Å². The molecule has 4 rings (SSSR count). The van der Waals surface area contributed by atoms with Crippen molar-refractivity contribution in [2.24, 2.45) is 0 Å². The summed E-state index contributed by atoms with van der Waals surface area (Å²) < 4.78 is 5.68. The van der Waals surface area contributed by atoms with Gasteiger partial charge in [0.25, 0.3) is 5.91 Å². The summed E-state index contributed by atoms with van der Waals surface area (Å²) >= 11 is 1.48. The van der Waals surface area contributed by atoms with Crippen LogP contribution in [-0.4, -0.2) is 20.9 Å². The predicted octanol–water partition coefficient (Wildman–Crippen LogP) is 5.46. The predicted molar refractivity (Wildman–Crippen MR) is 117 cm³/mol. The van der Waals surface area contributed by atoms with E-state index in [1.54, 1.807) is 6.92 Å². The lowest BCUT2D eigenvalue weighted by Crippen LogP contribution is -2.13.